The maximum Gasteiger partial charge on any atom is 0.252 e. The molecule has 1 amide bonds. The fourth-order valence-electron chi connectivity index (χ4n) is 3.97. The molecule has 2 aliphatic rings. The van der Waals surface area contributed by atoms with Gasteiger partial charge in [0.15, 0.2) is 9.84 Å². The first-order chi connectivity index (χ1) is 14.8. The smallest absolute Gasteiger partial charge is 0.252 e. The van der Waals surface area contributed by atoms with Crippen LogP contribution in [0.5, 0.6) is 11.5 Å². The van der Waals surface area contributed by atoms with Crippen molar-refractivity contribution in [1.82, 2.24) is 5.32 Å². The largest absolute Gasteiger partial charge is 0.494 e. The number of amides is 1. The Labute approximate surface area is 187 Å². The molecule has 2 heterocycles. The van der Waals surface area contributed by atoms with Gasteiger partial charge in [-0.2, -0.15) is 0 Å². The van der Waals surface area contributed by atoms with Gasteiger partial charge in [-0.1, -0.05) is 12.1 Å². The summed E-state index contributed by atoms with van der Waals surface area (Å²) in [7, 11) is -2.96. The lowest BCUT2D eigenvalue weighted by Crippen LogP contribution is -2.24. The lowest BCUT2D eigenvalue weighted by Gasteiger charge is -2.15. The van der Waals surface area contributed by atoms with E-state index in [-0.39, 0.29) is 28.8 Å². The van der Waals surface area contributed by atoms with Crippen LogP contribution < -0.4 is 14.8 Å². The van der Waals surface area contributed by atoms with Crippen LogP contribution >= 0.6 is 11.8 Å². The molecule has 2 aliphatic heterocycles. The van der Waals surface area contributed by atoms with Gasteiger partial charge >= 0.3 is 0 Å². The molecule has 0 bridgehead atoms. The Kier molecular flexibility index (Phi) is 6.48. The van der Waals surface area contributed by atoms with E-state index in [0.29, 0.717) is 25.1 Å². The molecule has 1 fully saturated rings. The first kappa shape index (κ1) is 22.0. The van der Waals surface area contributed by atoms with Crippen LogP contribution in [0.2, 0.25) is 0 Å². The molecule has 0 saturated carbocycles. The molecule has 8 heteroatoms. The summed E-state index contributed by atoms with van der Waals surface area (Å²) in [5.74, 6) is 1.80. The molecule has 0 aliphatic carbocycles. The van der Waals surface area contributed by atoms with Gasteiger partial charge in [-0.15, -0.1) is 11.8 Å². The quantitative estimate of drug-likeness (QED) is 0.678. The zero-order valence-electron chi connectivity index (χ0n) is 17.7. The van der Waals surface area contributed by atoms with Crippen LogP contribution in [0.1, 0.15) is 41.8 Å². The zero-order valence-corrected chi connectivity index (χ0v) is 19.4. The van der Waals surface area contributed by atoms with E-state index in [4.69, 9.17) is 9.47 Å². The Morgan fingerprint density at radius 3 is 2.84 bits per heavy atom. The summed E-state index contributed by atoms with van der Waals surface area (Å²) in [6.45, 7) is 4.83. The highest BCUT2D eigenvalue weighted by atomic mass is 32.2. The molecule has 0 aromatic heterocycles. The van der Waals surface area contributed by atoms with Gasteiger partial charge in [0.25, 0.3) is 5.91 Å². The van der Waals surface area contributed by atoms with Gasteiger partial charge in [-0.3, -0.25) is 4.79 Å². The predicted octanol–water partition coefficient (Wildman–Crippen LogP) is 3.62. The number of carbonyl (C=O) groups is 1. The van der Waals surface area contributed by atoms with Crippen LogP contribution in [-0.4, -0.2) is 43.8 Å². The molecule has 0 spiro atoms. The van der Waals surface area contributed by atoms with Crippen LogP contribution in [0.4, 0.5) is 0 Å². The van der Waals surface area contributed by atoms with Crippen molar-refractivity contribution in [1.29, 1.82) is 0 Å². The van der Waals surface area contributed by atoms with Crippen LogP contribution in [-0.2, 0) is 22.8 Å². The molecule has 166 valence electrons. The molecular weight excluding hydrogens is 434 g/mol. The first-order valence-electron chi connectivity index (χ1n) is 10.5. The van der Waals surface area contributed by atoms with Gasteiger partial charge in [0.2, 0.25) is 0 Å². The van der Waals surface area contributed by atoms with Crippen LogP contribution in [0, 0.1) is 0 Å². The molecule has 2 atom stereocenters. The summed E-state index contributed by atoms with van der Waals surface area (Å²) >= 11 is 1.47. The molecule has 2 aromatic carbocycles. The topological polar surface area (TPSA) is 81.7 Å². The highest BCUT2D eigenvalue weighted by Crippen LogP contribution is 2.36. The Bertz CT molecular complexity index is 1080. The van der Waals surface area contributed by atoms with E-state index in [1.54, 1.807) is 6.07 Å². The molecule has 2 unspecified atom stereocenters. The van der Waals surface area contributed by atoms with Gasteiger partial charge in [0.1, 0.15) is 17.6 Å². The Hall–Kier alpha value is -2.19. The summed E-state index contributed by atoms with van der Waals surface area (Å²) in [6, 6.07) is 11.3. The number of benzene rings is 2. The van der Waals surface area contributed by atoms with Crippen LogP contribution in [0.25, 0.3) is 0 Å². The average Bonchev–Trinajstić information content (AvgIpc) is 3.26. The standard InChI is InChI=1S/C23H27NO5S2/c1-3-28-20-11-16-10-15(2)29-21(16)12-17(20)13-24-23(25)19-6-4-5-7-22(19)30-18-8-9-31(26,27)14-18/h4-7,11-12,15,18H,3,8-10,13-14H2,1-2H3,(H,24,25). The van der Waals surface area contributed by atoms with E-state index < -0.39 is 9.84 Å². The second-order valence-corrected chi connectivity index (χ2v) is 11.5. The minimum Gasteiger partial charge on any atom is -0.494 e. The van der Waals surface area contributed by atoms with E-state index in [1.807, 2.05) is 44.2 Å². The fourth-order valence-corrected chi connectivity index (χ4v) is 7.60. The second-order valence-electron chi connectivity index (χ2n) is 7.95. The summed E-state index contributed by atoms with van der Waals surface area (Å²) in [5.41, 5.74) is 2.55. The average molecular weight is 462 g/mol. The minimum absolute atomic E-state index is 0.0145. The van der Waals surface area contributed by atoms with Gasteiger partial charge in [0.05, 0.1) is 23.7 Å². The normalized spacial score (nSPS) is 21.4. The number of ether oxygens (including phenoxy) is 2. The maximum absolute atomic E-state index is 13.0. The van der Waals surface area contributed by atoms with Crippen molar-refractivity contribution < 1.29 is 22.7 Å². The highest BCUT2D eigenvalue weighted by molar-refractivity contribution is 8.02. The van der Waals surface area contributed by atoms with Crippen molar-refractivity contribution in [3.05, 3.63) is 53.1 Å². The zero-order chi connectivity index (χ0) is 22.0. The van der Waals surface area contributed by atoms with E-state index in [2.05, 4.69) is 5.32 Å². The number of fused-ring (bicyclic) bond motifs is 1. The lowest BCUT2D eigenvalue weighted by molar-refractivity contribution is 0.0947. The summed E-state index contributed by atoms with van der Waals surface area (Å²) < 4.78 is 35.2. The number of carbonyl (C=O) groups excluding carboxylic acids is 1. The molecule has 6 nitrogen and oxygen atoms in total. The van der Waals surface area contributed by atoms with E-state index in [1.165, 1.54) is 11.8 Å². The molecular formula is C23H27NO5S2. The third-order valence-electron chi connectivity index (χ3n) is 5.43. The Morgan fingerprint density at radius 2 is 2.10 bits per heavy atom. The SMILES string of the molecule is CCOc1cc2c(cc1CNC(=O)c1ccccc1SC1CCS(=O)(=O)C1)OC(C)C2. The minimum atomic E-state index is -2.96. The van der Waals surface area contributed by atoms with Crippen molar-refractivity contribution in [2.75, 3.05) is 18.1 Å². The molecule has 1 saturated heterocycles. The highest BCUT2D eigenvalue weighted by Gasteiger charge is 2.29. The van der Waals surface area contributed by atoms with Crippen LogP contribution in [0.15, 0.2) is 41.3 Å². The van der Waals surface area contributed by atoms with Crippen molar-refractivity contribution >= 4 is 27.5 Å². The predicted molar refractivity (Wildman–Crippen MR) is 122 cm³/mol. The van der Waals surface area contributed by atoms with Gasteiger partial charge in [0, 0.05) is 34.2 Å². The molecule has 1 N–H and O–H groups in total. The molecule has 0 radical (unpaired) electrons. The van der Waals surface area contributed by atoms with Crippen molar-refractivity contribution in [2.24, 2.45) is 0 Å². The lowest BCUT2D eigenvalue weighted by atomic mass is 10.1. The Morgan fingerprint density at radius 1 is 1.29 bits per heavy atom. The number of nitrogens with one attached hydrogen (secondary N) is 1. The second kappa shape index (κ2) is 9.12. The Balaban J connectivity index is 1.48. The third kappa shape index (κ3) is 5.18. The van der Waals surface area contributed by atoms with Crippen molar-refractivity contribution in [2.45, 2.75) is 49.5 Å². The van der Waals surface area contributed by atoms with Crippen molar-refractivity contribution in [3.63, 3.8) is 0 Å². The molecule has 31 heavy (non-hydrogen) atoms. The fraction of sp³-hybridized carbons (Fsp3) is 0.435. The monoisotopic (exact) mass is 461 g/mol. The first-order valence-corrected chi connectivity index (χ1v) is 13.2. The number of sulfone groups is 1. The molecule has 2 aromatic rings. The number of hydrogen-bond donors (Lipinski definition) is 1. The summed E-state index contributed by atoms with van der Waals surface area (Å²) in [6.07, 6.45) is 1.61. The maximum atomic E-state index is 13.0. The number of rotatable bonds is 7. The van der Waals surface area contributed by atoms with Crippen molar-refractivity contribution in [3.8, 4) is 11.5 Å². The van der Waals surface area contributed by atoms with Crippen LogP contribution in [0.3, 0.4) is 0 Å². The number of hydrogen-bond acceptors (Lipinski definition) is 6. The van der Waals surface area contributed by atoms with Gasteiger partial charge < -0.3 is 14.8 Å². The summed E-state index contributed by atoms with van der Waals surface area (Å²) in [5, 5.41) is 2.98. The van der Waals surface area contributed by atoms with Gasteiger partial charge in [-0.05, 0) is 44.5 Å². The van der Waals surface area contributed by atoms with E-state index in [0.717, 1.165) is 33.9 Å². The summed E-state index contributed by atoms with van der Waals surface area (Å²) in [4.78, 5) is 13.8. The number of thioether (sulfide) groups is 1. The van der Waals surface area contributed by atoms with Gasteiger partial charge in [-0.25, -0.2) is 8.42 Å². The van der Waals surface area contributed by atoms with E-state index in [9.17, 15) is 13.2 Å². The van der Waals surface area contributed by atoms with E-state index >= 15 is 0 Å². The third-order valence-corrected chi connectivity index (χ3v) is 8.76. The molecule has 4 rings (SSSR count).